The number of rotatable bonds is 9. The van der Waals surface area contributed by atoms with Crippen molar-refractivity contribution in [2.45, 2.75) is 18.2 Å². The highest BCUT2D eigenvalue weighted by Crippen LogP contribution is 2.32. The van der Waals surface area contributed by atoms with Crippen molar-refractivity contribution in [3.63, 3.8) is 0 Å². The summed E-state index contributed by atoms with van der Waals surface area (Å²) in [6, 6.07) is 18.5. The first-order chi connectivity index (χ1) is 16.2. The van der Waals surface area contributed by atoms with Crippen molar-refractivity contribution < 1.29 is 18.0 Å². The van der Waals surface area contributed by atoms with Crippen LogP contribution in [0.5, 0.6) is 0 Å². The molecule has 0 radical (unpaired) electrons. The highest BCUT2D eigenvalue weighted by atomic mass is 35.5. The molecule has 0 aromatic heterocycles. The molecule has 3 rings (SSSR count). The van der Waals surface area contributed by atoms with Crippen molar-refractivity contribution in [2.24, 2.45) is 0 Å². The van der Waals surface area contributed by atoms with Crippen LogP contribution in [0.15, 0.2) is 77.7 Å². The molecular weight excluding hydrogens is 497 g/mol. The number of anilines is 2. The molecule has 0 bridgehead atoms. The summed E-state index contributed by atoms with van der Waals surface area (Å²) >= 11 is 12.3. The topological polar surface area (TPSA) is 95.6 Å². The number of nitrogens with zero attached hydrogens (tertiary/aromatic N) is 1. The van der Waals surface area contributed by atoms with E-state index in [9.17, 15) is 18.0 Å². The SMILES string of the molecule is CCCNC(=O)c1ccccc1NC(=O)CN(c1ccc(Cl)cc1Cl)S(=O)(=O)c1ccccc1. The average Bonchev–Trinajstić information content (AvgIpc) is 2.82. The zero-order valence-corrected chi connectivity index (χ0v) is 20.6. The molecule has 0 saturated heterocycles. The second-order valence-electron chi connectivity index (χ2n) is 7.27. The van der Waals surface area contributed by atoms with E-state index >= 15 is 0 Å². The van der Waals surface area contributed by atoms with E-state index in [0.717, 1.165) is 10.7 Å². The standard InChI is InChI=1S/C24H23Cl2N3O4S/c1-2-14-27-24(31)19-10-6-7-11-21(19)28-23(30)16-29(22-13-12-17(25)15-20(22)26)34(32,33)18-8-4-3-5-9-18/h3-13,15H,2,14,16H2,1H3,(H,27,31)(H,28,30). The van der Waals surface area contributed by atoms with Gasteiger partial charge in [0.1, 0.15) is 6.54 Å². The number of sulfonamides is 1. The van der Waals surface area contributed by atoms with Crippen LogP contribution in [-0.4, -0.2) is 33.3 Å². The Hall–Kier alpha value is -3.07. The molecule has 34 heavy (non-hydrogen) atoms. The molecule has 0 aliphatic carbocycles. The third kappa shape index (κ3) is 6.08. The van der Waals surface area contributed by atoms with E-state index in [4.69, 9.17) is 23.2 Å². The quantitative estimate of drug-likeness (QED) is 0.417. The second-order valence-corrected chi connectivity index (χ2v) is 9.98. The Kier molecular flexibility index (Phi) is 8.55. The number of para-hydroxylation sites is 1. The molecule has 2 amide bonds. The molecule has 0 atom stereocenters. The average molecular weight is 520 g/mol. The fourth-order valence-corrected chi connectivity index (χ4v) is 5.17. The van der Waals surface area contributed by atoms with E-state index in [-0.39, 0.29) is 32.8 Å². The van der Waals surface area contributed by atoms with Gasteiger partial charge in [-0.1, -0.05) is 60.5 Å². The number of amides is 2. The normalized spacial score (nSPS) is 11.0. The zero-order valence-electron chi connectivity index (χ0n) is 18.3. The largest absolute Gasteiger partial charge is 0.352 e. The number of hydrogen-bond donors (Lipinski definition) is 2. The van der Waals surface area contributed by atoms with Crippen LogP contribution in [0, 0.1) is 0 Å². The number of halogens is 2. The third-order valence-corrected chi connectivity index (χ3v) is 7.09. The number of carbonyl (C=O) groups excluding carboxylic acids is 2. The number of benzene rings is 3. The van der Waals surface area contributed by atoms with Gasteiger partial charge in [0.05, 0.1) is 26.9 Å². The van der Waals surface area contributed by atoms with Crippen LogP contribution in [-0.2, 0) is 14.8 Å². The smallest absolute Gasteiger partial charge is 0.264 e. The van der Waals surface area contributed by atoms with Crippen LogP contribution in [0.3, 0.4) is 0 Å². The Morgan fingerprint density at radius 1 is 0.941 bits per heavy atom. The Bertz CT molecular complexity index is 1280. The van der Waals surface area contributed by atoms with Crippen LogP contribution < -0.4 is 14.9 Å². The molecule has 0 fully saturated rings. The van der Waals surface area contributed by atoms with Crippen LogP contribution in [0.25, 0.3) is 0 Å². The van der Waals surface area contributed by atoms with Crippen LogP contribution in [0.1, 0.15) is 23.7 Å². The van der Waals surface area contributed by atoms with Gasteiger partial charge in [0.15, 0.2) is 0 Å². The Balaban J connectivity index is 1.94. The predicted molar refractivity (Wildman–Crippen MR) is 135 cm³/mol. The van der Waals surface area contributed by atoms with Crippen LogP contribution >= 0.6 is 23.2 Å². The lowest BCUT2D eigenvalue weighted by Crippen LogP contribution is -2.38. The lowest BCUT2D eigenvalue weighted by molar-refractivity contribution is -0.114. The van der Waals surface area contributed by atoms with Crippen molar-refractivity contribution in [2.75, 3.05) is 22.7 Å². The van der Waals surface area contributed by atoms with Gasteiger partial charge in [-0.2, -0.15) is 0 Å². The number of carbonyl (C=O) groups is 2. The van der Waals surface area contributed by atoms with Crippen LogP contribution in [0.4, 0.5) is 11.4 Å². The molecule has 7 nitrogen and oxygen atoms in total. The Morgan fingerprint density at radius 2 is 1.62 bits per heavy atom. The van der Waals surface area contributed by atoms with Crippen molar-refractivity contribution in [3.8, 4) is 0 Å². The molecule has 0 heterocycles. The van der Waals surface area contributed by atoms with Gasteiger partial charge in [-0.3, -0.25) is 13.9 Å². The van der Waals surface area contributed by atoms with E-state index in [2.05, 4.69) is 10.6 Å². The maximum atomic E-state index is 13.4. The lowest BCUT2D eigenvalue weighted by atomic mass is 10.1. The molecule has 3 aromatic carbocycles. The summed E-state index contributed by atoms with van der Waals surface area (Å²) in [5.41, 5.74) is 0.630. The van der Waals surface area contributed by atoms with Gasteiger partial charge in [-0.05, 0) is 48.9 Å². The molecule has 0 aliphatic rings. The Labute approximate surface area is 208 Å². The molecule has 178 valence electrons. The van der Waals surface area contributed by atoms with E-state index in [1.807, 2.05) is 6.92 Å². The van der Waals surface area contributed by atoms with E-state index in [1.54, 1.807) is 42.5 Å². The van der Waals surface area contributed by atoms with Crippen molar-refractivity contribution in [3.05, 3.63) is 88.4 Å². The maximum Gasteiger partial charge on any atom is 0.264 e. The third-order valence-electron chi connectivity index (χ3n) is 4.78. The lowest BCUT2D eigenvalue weighted by Gasteiger charge is -2.25. The molecule has 0 unspecified atom stereocenters. The molecule has 0 spiro atoms. The monoisotopic (exact) mass is 519 g/mol. The van der Waals surface area contributed by atoms with Crippen molar-refractivity contribution >= 4 is 56.4 Å². The summed E-state index contributed by atoms with van der Waals surface area (Å²) in [7, 11) is -4.15. The minimum atomic E-state index is -4.15. The summed E-state index contributed by atoms with van der Waals surface area (Å²) in [5.74, 6) is -0.992. The summed E-state index contributed by atoms with van der Waals surface area (Å²) in [6.07, 6.45) is 0.758. The van der Waals surface area contributed by atoms with Gasteiger partial charge in [0.25, 0.3) is 15.9 Å². The summed E-state index contributed by atoms with van der Waals surface area (Å²) in [4.78, 5) is 25.5. The second kappa shape index (κ2) is 11.4. The van der Waals surface area contributed by atoms with E-state index in [1.165, 1.54) is 30.3 Å². The van der Waals surface area contributed by atoms with Crippen LogP contribution in [0.2, 0.25) is 10.0 Å². The Morgan fingerprint density at radius 3 is 2.29 bits per heavy atom. The number of nitrogens with one attached hydrogen (secondary N) is 2. The van der Waals surface area contributed by atoms with Gasteiger partial charge in [0, 0.05) is 11.6 Å². The van der Waals surface area contributed by atoms with Crippen molar-refractivity contribution in [1.29, 1.82) is 0 Å². The molecular formula is C24H23Cl2N3O4S. The van der Waals surface area contributed by atoms with Crippen molar-refractivity contribution in [1.82, 2.24) is 5.32 Å². The minimum absolute atomic E-state index is 0.00633. The maximum absolute atomic E-state index is 13.4. The minimum Gasteiger partial charge on any atom is -0.352 e. The van der Waals surface area contributed by atoms with Gasteiger partial charge in [-0.15, -0.1) is 0 Å². The number of hydrogen-bond acceptors (Lipinski definition) is 4. The predicted octanol–water partition coefficient (Wildman–Crippen LogP) is 4.97. The van der Waals surface area contributed by atoms with Gasteiger partial charge >= 0.3 is 0 Å². The molecule has 10 heteroatoms. The summed E-state index contributed by atoms with van der Waals surface area (Å²) < 4.78 is 27.8. The molecule has 0 saturated carbocycles. The summed E-state index contributed by atoms with van der Waals surface area (Å²) in [5, 5.41) is 5.80. The first kappa shape index (κ1) is 25.6. The van der Waals surface area contributed by atoms with E-state index in [0.29, 0.717) is 11.6 Å². The highest BCUT2D eigenvalue weighted by molar-refractivity contribution is 7.92. The fraction of sp³-hybridized carbons (Fsp3) is 0.167. The molecule has 3 aromatic rings. The molecule has 2 N–H and O–H groups in total. The van der Waals surface area contributed by atoms with Gasteiger partial charge in [0.2, 0.25) is 5.91 Å². The van der Waals surface area contributed by atoms with Gasteiger partial charge in [-0.25, -0.2) is 8.42 Å². The molecule has 0 aliphatic heterocycles. The first-order valence-corrected chi connectivity index (χ1v) is 12.6. The first-order valence-electron chi connectivity index (χ1n) is 10.4. The zero-order chi connectivity index (χ0) is 24.7. The van der Waals surface area contributed by atoms with E-state index < -0.39 is 22.5 Å². The van der Waals surface area contributed by atoms with Gasteiger partial charge < -0.3 is 10.6 Å². The fourth-order valence-electron chi connectivity index (χ4n) is 3.15. The highest BCUT2D eigenvalue weighted by Gasteiger charge is 2.29. The summed E-state index contributed by atoms with van der Waals surface area (Å²) in [6.45, 7) is 1.83.